The molecule has 0 bridgehead atoms. The van der Waals surface area contributed by atoms with Crippen molar-refractivity contribution >= 4 is 33.4 Å². The van der Waals surface area contributed by atoms with E-state index in [1.165, 1.54) is 30.3 Å². The van der Waals surface area contributed by atoms with Gasteiger partial charge in [0.25, 0.3) is 5.69 Å². The monoisotopic (exact) mass is 375 g/mol. The molecule has 1 aromatic heterocycles. The van der Waals surface area contributed by atoms with Crippen LogP contribution in [-0.4, -0.2) is 10.9 Å². The first-order chi connectivity index (χ1) is 13.5. The van der Waals surface area contributed by atoms with Gasteiger partial charge >= 0.3 is 11.6 Å². The molecule has 3 aromatic carbocycles. The summed E-state index contributed by atoms with van der Waals surface area (Å²) in [6.07, 6.45) is 0. The highest BCUT2D eigenvalue weighted by atomic mass is 16.6. The number of esters is 1. The van der Waals surface area contributed by atoms with Gasteiger partial charge in [0.05, 0.1) is 10.5 Å². The molecule has 28 heavy (non-hydrogen) atoms. The summed E-state index contributed by atoms with van der Waals surface area (Å²) in [6.45, 7) is -0.133. The minimum Gasteiger partial charge on any atom is -0.457 e. The molecule has 0 saturated heterocycles. The Labute approximate surface area is 157 Å². The Balaban J connectivity index is 1.67. The lowest BCUT2D eigenvalue weighted by atomic mass is 10.0. The Bertz CT molecular complexity index is 1270. The van der Waals surface area contributed by atoms with E-state index in [1.807, 2.05) is 30.3 Å². The van der Waals surface area contributed by atoms with Crippen LogP contribution in [0.4, 0.5) is 5.69 Å². The van der Waals surface area contributed by atoms with Gasteiger partial charge in [-0.15, -0.1) is 0 Å². The summed E-state index contributed by atoms with van der Waals surface area (Å²) >= 11 is 0. The zero-order valence-corrected chi connectivity index (χ0v) is 14.5. The van der Waals surface area contributed by atoms with Crippen LogP contribution >= 0.6 is 0 Å². The van der Waals surface area contributed by atoms with Crippen LogP contribution in [0.3, 0.4) is 0 Å². The van der Waals surface area contributed by atoms with Crippen LogP contribution in [0.1, 0.15) is 15.9 Å². The first-order valence-corrected chi connectivity index (χ1v) is 8.39. The SMILES string of the molecule is O=C(OCc1cc(=O)oc2ccc3ccccc3c12)c1ccc([N+](=O)[O-])cc1. The third kappa shape index (κ3) is 3.21. The molecule has 4 rings (SSSR count). The first kappa shape index (κ1) is 17.4. The number of carbonyl (C=O) groups excluding carboxylic acids is 1. The number of fused-ring (bicyclic) bond motifs is 3. The highest BCUT2D eigenvalue weighted by Crippen LogP contribution is 2.28. The normalized spacial score (nSPS) is 10.9. The fraction of sp³-hybridized carbons (Fsp3) is 0.0476. The molecule has 0 aliphatic heterocycles. The Morgan fingerprint density at radius 2 is 1.79 bits per heavy atom. The van der Waals surface area contributed by atoms with Crippen molar-refractivity contribution in [1.82, 2.24) is 0 Å². The van der Waals surface area contributed by atoms with Crippen molar-refractivity contribution in [2.75, 3.05) is 0 Å². The Kier molecular flexibility index (Phi) is 4.33. The summed E-state index contributed by atoms with van der Waals surface area (Å²) in [6, 6.07) is 17.6. The molecule has 0 radical (unpaired) electrons. The minimum absolute atomic E-state index is 0.116. The second kappa shape index (κ2) is 6.96. The lowest BCUT2D eigenvalue weighted by Crippen LogP contribution is -2.08. The van der Waals surface area contributed by atoms with Gasteiger partial charge in [0, 0.05) is 29.1 Å². The summed E-state index contributed by atoms with van der Waals surface area (Å²) < 4.78 is 10.6. The molecule has 0 atom stereocenters. The lowest BCUT2D eigenvalue weighted by molar-refractivity contribution is -0.384. The van der Waals surface area contributed by atoms with Crippen molar-refractivity contribution in [3.05, 3.63) is 98.4 Å². The van der Waals surface area contributed by atoms with Crippen molar-refractivity contribution in [1.29, 1.82) is 0 Å². The first-order valence-electron chi connectivity index (χ1n) is 8.39. The van der Waals surface area contributed by atoms with Gasteiger partial charge < -0.3 is 9.15 Å². The number of nitrogens with zero attached hydrogens (tertiary/aromatic N) is 1. The summed E-state index contributed by atoms with van der Waals surface area (Å²) in [5.41, 5.74) is 0.465. The number of hydrogen-bond acceptors (Lipinski definition) is 6. The Morgan fingerprint density at radius 1 is 1.04 bits per heavy atom. The summed E-state index contributed by atoms with van der Waals surface area (Å²) in [5.74, 6) is -0.642. The summed E-state index contributed by atoms with van der Waals surface area (Å²) in [4.78, 5) is 34.3. The highest BCUT2D eigenvalue weighted by molar-refractivity contribution is 6.07. The standard InChI is InChI=1S/C21H13NO6/c23-19-11-15(12-27-21(24)14-5-8-16(9-6-14)22(25)26)20-17-4-2-1-3-13(17)7-10-18(20)28-19/h1-11H,12H2. The Hall–Kier alpha value is -4.00. The smallest absolute Gasteiger partial charge is 0.338 e. The zero-order valence-electron chi connectivity index (χ0n) is 14.5. The van der Waals surface area contributed by atoms with E-state index in [0.717, 1.165) is 10.8 Å². The largest absolute Gasteiger partial charge is 0.457 e. The number of ether oxygens (including phenoxy) is 1. The van der Waals surface area contributed by atoms with Gasteiger partial charge in [-0.2, -0.15) is 0 Å². The summed E-state index contributed by atoms with van der Waals surface area (Å²) in [5, 5.41) is 13.3. The maximum Gasteiger partial charge on any atom is 0.338 e. The summed E-state index contributed by atoms with van der Waals surface area (Å²) in [7, 11) is 0. The zero-order chi connectivity index (χ0) is 19.7. The number of non-ortho nitro benzene ring substituents is 1. The van der Waals surface area contributed by atoms with Crippen molar-refractivity contribution in [2.24, 2.45) is 0 Å². The molecule has 0 saturated carbocycles. The average molecular weight is 375 g/mol. The molecular weight excluding hydrogens is 362 g/mol. The van der Waals surface area contributed by atoms with E-state index in [0.29, 0.717) is 16.5 Å². The van der Waals surface area contributed by atoms with Gasteiger partial charge in [0.2, 0.25) is 0 Å². The lowest BCUT2D eigenvalue weighted by Gasteiger charge is -2.09. The number of benzene rings is 3. The second-order valence-corrected chi connectivity index (χ2v) is 6.13. The molecule has 0 fully saturated rings. The number of hydrogen-bond donors (Lipinski definition) is 0. The molecule has 7 heteroatoms. The number of nitro groups is 1. The maximum atomic E-state index is 12.3. The van der Waals surface area contributed by atoms with Gasteiger partial charge in [-0.3, -0.25) is 10.1 Å². The van der Waals surface area contributed by atoms with Gasteiger partial charge in [-0.25, -0.2) is 9.59 Å². The van der Waals surface area contributed by atoms with E-state index in [9.17, 15) is 19.7 Å². The topological polar surface area (TPSA) is 99.7 Å². The number of rotatable bonds is 4. The number of carbonyl (C=O) groups is 1. The molecule has 1 heterocycles. The van der Waals surface area contributed by atoms with Crippen LogP contribution in [0.2, 0.25) is 0 Å². The predicted molar refractivity (Wildman–Crippen MR) is 102 cm³/mol. The van der Waals surface area contributed by atoms with Crippen molar-refractivity contribution < 1.29 is 18.9 Å². The van der Waals surface area contributed by atoms with Crippen LogP contribution in [0.15, 0.2) is 75.9 Å². The second-order valence-electron chi connectivity index (χ2n) is 6.13. The van der Waals surface area contributed by atoms with E-state index in [2.05, 4.69) is 0 Å². The molecular formula is C21H13NO6. The van der Waals surface area contributed by atoms with Crippen molar-refractivity contribution in [3.8, 4) is 0 Å². The van der Waals surface area contributed by atoms with E-state index in [1.54, 1.807) is 6.07 Å². The predicted octanol–water partition coefficient (Wildman–Crippen LogP) is 4.21. The average Bonchev–Trinajstić information content (AvgIpc) is 2.71. The molecule has 0 unspecified atom stereocenters. The van der Waals surface area contributed by atoms with E-state index in [4.69, 9.17) is 9.15 Å². The van der Waals surface area contributed by atoms with Crippen LogP contribution in [-0.2, 0) is 11.3 Å². The van der Waals surface area contributed by atoms with Crippen LogP contribution < -0.4 is 5.63 Å². The van der Waals surface area contributed by atoms with Gasteiger partial charge in [0.15, 0.2) is 0 Å². The van der Waals surface area contributed by atoms with Crippen LogP contribution in [0.5, 0.6) is 0 Å². The van der Waals surface area contributed by atoms with Gasteiger partial charge in [-0.05, 0) is 29.0 Å². The van der Waals surface area contributed by atoms with E-state index in [-0.39, 0.29) is 17.9 Å². The quantitative estimate of drug-likeness (QED) is 0.174. The van der Waals surface area contributed by atoms with E-state index >= 15 is 0 Å². The van der Waals surface area contributed by atoms with Crippen molar-refractivity contribution in [3.63, 3.8) is 0 Å². The van der Waals surface area contributed by atoms with Crippen molar-refractivity contribution in [2.45, 2.75) is 6.61 Å². The van der Waals surface area contributed by atoms with Crippen LogP contribution in [0.25, 0.3) is 21.7 Å². The molecule has 4 aromatic rings. The van der Waals surface area contributed by atoms with Gasteiger partial charge in [0.1, 0.15) is 12.2 Å². The minimum atomic E-state index is -0.642. The third-order valence-corrected chi connectivity index (χ3v) is 4.39. The third-order valence-electron chi connectivity index (χ3n) is 4.39. The molecule has 0 N–H and O–H groups in total. The molecule has 0 aliphatic carbocycles. The fourth-order valence-electron chi connectivity index (χ4n) is 3.08. The molecule has 0 amide bonds. The molecule has 7 nitrogen and oxygen atoms in total. The fourth-order valence-corrected chi connectivity index (χ4v) is 3.08. The number of nitro benzene ring substituents is 1. The van der Waals surface area contributed by atoms with E-state index < -0.39 is 16.5 Å². The maximum absolute atomic E-state index is 12.3. The molecule has 138 valence electrons. The highest BCUT2D eigenvalue weighted by Gasteiger charge is 2.14. The molecule has 0 spiro atoms. The Morgan fingerprint density at radius 3 is 2.54 bits per heavy atom. The van der Waals surface area contributed by atoms with Gasteiger partial charge in [-0.1, -0.05) is 30.3 Å². The van der Waals surface area contributed by atoms with Crippen LogP contribution in [0, 0.1) is 10.1 Å². The molecule has 0 aliphatic rings.